The highest BCUT2D eigenvalue weighted by atomic mass is 19.1. The second kappa shape index (κ2) is 7.99. The standard InChI is InChI=1S/C20H23FN2O3/c1-13(24)22-15-8-9-17(21)18(11-15)23-19(25)12-26-16-7-5-6-14(10-16)20(2,3)4/h5-11H,12H2,1-4H3,(H,22,24)(H,23,25). The van der Waals surface area contributed by atoms with Crippen molar-refractivity contribution < 1.29 is 18.7 Å². The summed E-state index contributed by atoms with van der Waals surface area (Å²) in [6.07, 6.45) is 0. The number of hydrogen-bond acceptors (Lipinski definition) is 3. The van der Waals surface area contributed by atoms with E-state index in [0.717, 1.165) is 5.56 Å². The summed E-state index contributed by atoms with van der Waals surface area (Å²) in [5, 5.41) is 4.98. The van der Waals surface area contributed by atoms with E-state index in [9.17, 15) is 14.0 Å². The zero-order chi connectivity index (χ0) is 19.3. The van der Waals surface area contributed by atoms with E-state index in [1.54, 1.807) is 6.07 Å². The number of rotatable bonds is 5. The SMILES string of the molecule is CC(=O)Nc1ccc(F)c(NC(=O)COc2cccc(C(C)(C)C)c2)c1. The Morgan fingerprint density at radius 1 is 1.08 bits per heavy atom. The van der Waals surface area contributed by atoms with Gasteiger partial charge >= 0.3 is 0 Å². The minimum Gasteiger partial charge on any atom is -0.484 e. The molecule has 0 unspecified atom stereocenters. The molecule has 2 N–H and O–H groups in total. The first-order valence-electron chi connectivity index (χ1n) is 8.25. The average molecular weight is 358 g/mol. The Bertz CT molecular complexity index is 813. The molecule has 0 radical (unpaired) electrons. The number of benzene rings is 2. The molecule has 0 saturated carbocycles. The summed E-state index contributed by atoms with van der Waals surface area (Å²) in [5.74, 6) is -0.803. The maximum atomic E-state index is 13.8. The lowest BCUT2D eigenvalue weighted by Gasteiger charge is -2.19. The number of amides is 2. The topological polar surface area (TPSA) is 67.4 Å². The summed E-state index contributed by atoms with van der Waals surface area (Å²) >= 11 is 0. The summed E-state index contributed by atoms with van der Waals surface area (Å²) in [6.45, 7) is 7.36. The van der Waals surface area contributed by atoms with Gasteiger partial charge in [-0.25, -0.2) is 4.39 Å². The monoisotopic (exact) mass is 358 g/mol. The first-order chi connectivity index (χ1) is 12.1. The molecule has 0 atom stereocenters. The molecule has 0 fully saturated rings. The molecule has 2 amide bonds. The van der Waals surface area contributed by atoms with Crippen LogP contribution < -0.4 is 15.4 Å². The molecular weight excluding hydrogens is 335 g/mol. The van der Waals surface area contributed by atoms with Gasteiger partial charge < -0.3 is 15.4 Å². The van der Waals surface area contributed by atoms with E-state index >= 15 is 0 Å². The predicted octanol–water partition coefficient (Wildman–Crippen LogP) is 4.10. The predicted molar refractivity (Wildman–Crippen MR) is 100.0 cm³/mol. The molecule has 0 aromatic heterocycles. The quantitative estimate of drug-likeness (QED) is 0.846. The molecule has 2 rings (SSSR count). The number of anilines is 2. The Morgan fingerprint density at radius 2 is 1.81 bits per heavy atom. The van der Waals surface area contributed by atoms with Crippen LogP contribution in [0.4, 0.5) is 15.8 Å². The minimum absolute atomic E-state index is 0.0201. The van der Waals surface area contributed by atoms with Crippen molar-refractivity contribution in [2.75, 3.05) is 17.2 Å². The van der Waals surface area contributed by atoms with Gasteiger partial charge in [0.1, 0.15) is 11.6 Å². The Morgan fingerprint density at radius 3 is 2.46 bits per heavy atom. The molecule has 5 nitrogen and oxygen atoms in total. The summed E-state index contributed by atoms with van der Waals surface area (Å²) in [5.41, 5.74) is 1.43. The van der Waals surface area contributed by atoms with E-state index in [4.69, 9.17) is 4.74 Å². The zero-order valence-electron chi connectivity index (χ0n) is 15.4. The lowest BCUT2D eigenvalue weighted by Crippen LogP contribution is -2.21. The van der Waals surface area contributed by atoms with Gasteiger partial charge in [0.25, 0.3) is 5.91 Å². The smallest absolute Gasteiger partial charge is 0.262 e. The second-order valence-corrected chi connectivity index (χ2v) is 6.99. The molecule has 2 aromatic carbocycles. The van der Waals surface area contributed by atoms with Crippen LogP contribution in [0.25, 0.3) is 0 Å². The lowest BCUT2D eigenvalue weighted by atomic mass is 9.87. The van der Waals surface area contributed by atoms with Crippen LogP contribution in [0.2, 0.25) is 0 Å². The molecule has 0 aliphatic carbocycles. The van der Waals surface area contributed by atoms with Crippen molar-refractivity contribution >= 4 is 23.2 Å². The van der Waals surface area contributed by atoms with E-state index in [0.29, 0.717) is 11.4 Å². The van der Waals surface area contributed by atoms with Gasteiger partial charge in [0.15, 0.2) is 6.61 Å². The van der Waals surface area contributed by atoms with Crippen LogP contribution in [0.15, 0.2) is 42.5 Å². The number of nitrogens with one attached hydrogen (secondary N) is 2. The van der Waals surface area contributed by atoms with E-state index < -0.39 is 11.7 Å². The maximum absolute atomic E-state index is 13.8. The van der Waals surface area contributed by atoms with Crippen molar-refractivity contribution in [1.29, 1.82) is 0 Å². The van der Waals surface area contributed by atoms with E-state index in [2.05, 4.69) is 31.4 Å². The van der Waals surface area contributed by atoms with Gasteiger partial charge in [0.2, 0.25) is 5.91 Å². The fraction of sp³-hybridized carbons (Fsp3) is 0.300. The number of halogens is 1. The molecule has 0 aliphatic rings. The molecule has 2 aromatic rings. The maximum Gasteiger partial charge on any atom is 0.262 e. The molecule has 0 saturated heterocycles. The number of ether oxygens (including phenoxy) is 1. The van der Waals surface area contributed by atoms with Crippen molar-refractivity contribution in [1.82, 2.24) is 0 Å². The summed E-state index contributed by atoms with van der Waals surface area (Å²) < 4.78 is 19.4. The largest absolute Gasteiger partial charge is 0.484 e. The third kappa shape index (κ3) is 5.58. The van der Waals surface area contributed by atoms with Crippen molar-refractivity contribution in [2.45, 2.75) is 33.1 Å². The Hall–Kier alpha value is -2.89. The molecule has 0 spiro atoms. The highest BCUT2D eigenvalue weighted by molar-refractivity contribution is 5.94. The fourth-order valence-corrected chi connectivity index (χ4v) is 2.29. The third-order valence-electron chi connectivity index (χ3n) is 3.63. The van der Waals surface area contributed by atoms with Gasteiger partial charge in [0.05, 0.1) is 5.69 Å². The van der Waals surface area contributed by atoms with Crippen molar-refractivity contribution in [3.8, 4) is 5.75 Å². The van der Waals surface area contributed by atoms with Crippen molar-refractivity contribution in [3.05, 3.63) is 53.8 Å². The Balaban J connectivity index is 2.00. The van der Waals surface area contributed by atoms with Gasteiger partial charge in [-0.05, 0) is 41.3 Å². The van der Waals surface area contributed by atoms with E-state index in [1.807, 2.05) is 18.2 Å². The Labute approximate surface area is 152 Å². The van der Waals surface area contributed by atoms with Crippen molar-refractivity contribution in [2.24, 2.45) is 0 Å². The molecule has 138 valence electrons. The molecule has 6 heteroatoms. The van der Waals surface area contributed by atoms with Crippen LogP contribution in [0, 0.1) is 5.82 Å². The molecular formula is C20H23FN2O3. The first kappa shape index (κ1) is 19.4. The van der Waals surface area contributed by atoms with Gasteiger partial charge in [0, 0.05) is 12.6 Å². The molecule has 0 bridgehead atoms. The highest BCUT2D eigenvalue weighted by Gasteiger charge is 2.14. The fourth-order valence-electron chi connectivity index (χ4n) is 2.29. The molecule has 0 aliphatic heterocycles. The van der Waals surface area contributed by atoms with Crippen LogP contribution in [-0.4, -0.2) is 18.4 Å². The lowest BCUT2D eigenvalue weighted by molar-refractivity contribution is -0.118. The molecule has 26 heavy (non-hydrogen) atoms. The zero-order valence-corrected chi connectivity index (χ0v) is 15.4. The van der Waals surface area contributed by atoms with Crippen LogP contribution in [-0.2, 0) is 15.0 Å². The first-order valence-corrected chi connectivity index (χ1v) is 8.25. The number of carbonyl (C=O) groups is 2. The second-order valence-electron chi connectivity index (χ2n) is 6.99. The van der Waals surface area contributed by atoms with E-state index in [-0.39, 0.29) is 23.6 Å². The number of hydrogen-bond donors (Lipinski definition) is 2. The number of carbonyl (C=O) groups excluding carboxylic acids is 2. The van der Waals surface area contributed by atoms with Gasteiger partial charge in [-0.2, -0.15) is 0 Å². The summed E-state index contributed by atoms with van der Waals surface area (Å²) in [4.78, 5) is 23.1. The van der Waals surface area contributed by atoms with Crippen molar-refractivity contribution in [3.63, 3.8) is 0 Å². The minimum atomic E-state index is -0.595. The average Bonchev–Trinajstić information content (AvgIpc) is 2.55. The van der Waals surface area contributed by atoms with Gasteiger partial charge in [-0.15, -0.1) is 0 Å². The normalized spacial score (nSPS) is 11.0. The van der Waals surface area contributed by atoms with Crippen LogP contribution in [0.5, 0.6) is 5.75 Å². The van der Waals surface area contributed by atoms with Crippen LogP contribution >= 0.6 is 0 Å². The van der Waals surface area contributed by atoms with E-state index in [1.165, 1.54) is 25.1 Å². The van der Waals surface area contributed by atoms with Crippen LogP contribution in [0.1, 0.15) is 33.3 Å². The highest BCUT2D eigenvalue weighted by Crippen LogP contribution is 2.25. The summed E-state index contributed by atoms with van der Waals surface area (Å²) in [7, 11) is 0. The van der Waals surface area contributed by atoms with Gasteiger partial charge in [-0.3, -0.25) is 9.59 Å². The summed E-state index contributed by atoms with van der Waals surface area (Å²) in [6, 6.07) is 11.5. The van der Waals surface area contributed by atoms with Gasteiger partial charge in [-0.1, -0.05) is 32.9 Å². The van der Waals surface area contributed by atoms with Crippen LogP contribution in [0.3, 0.4) is 0 Å². The Kier molecular flexibility index (Phi) is 5.97. The molecule has 0 heterocycles. The third-order valence-corrected chi connectivity index (χ3v) is 3.63.